The van der Waals surface area contributed by atoms with Crippen molar-refractivity contribution < 1.29 is 17.6 Å². The molecule has 178 valence electrons. The zero-order valence-electron chi connectivity index (χ0n) is 18.9. The van der Waals surface area contributed by atoms with Gasteiger partial charge in [0.1, 0.15) is 5.76 Å². The molecule has 0 spiro atoms. The van der Waals surface area contributed by atoms with Gasteiger partial charge in [0.05, 0.1) is 30.4 Å². The lowest BCUT2D eigenvalue weighted by Gasteiger charge is -2.27. The van der Waals surface area contributed by atoms with Crippen LogP contribution >= 0.6 is 11.8 Å². The molecule has 0 unspecified atom stereocenters. The standard InChI is InChI=1S/C23H30N4O4S2/c1-3-16(2)27(13-19-5-4-12-31-19)11-10-24-22(28)17-6-8-18(9-7-17)25-23-26-20-14-33(29,30)15-21(20)32-23/h4-9,12,16,20-21H,3,10-11,13-15H2,1-2H3,(H,24,28)(H,25,26)/t16-,20-,21+/m0/s1. The first-order valence-corrected chi connectivity index (χ1v) is 13.9. The molecule has 0 saturated carbocycles. The molecular weight excluding hydrogens is 460 g/mol. The smallest absolute Gasteiger partial charge is 0.251 e. The van der Waals surface area contributed by atoms with E-state index in [0.717, 1.165) is 29.6 Å². The number of furan rings is 1. The van der Waals surface area contributed by atoms with Gasteiger partial charge < -0.3 is 15.1 Å². The zero-order chi connectivity index (χ0) is 23.4. The number of amides is 1. The molecule has 0 radical (unpaired) electrons. The van der Waals surface area contributed by atoms with Gasteiger partial charge in [-0.25, -0.2) is 8.42 Å². The monoisotopic (exact) mass is 490 g/mol. The van der Waals surface area contributed by atoms with E-state index < -0.39 is 9.84 Å². The van der Waals surface area contributed by atoms with Crippen molar-refractivity contribution in [2.75, 3.05) is 29.9 Å². The molecule has 3 heterocycles. The lowest BCUT2D eigenvalue weighted by molar-refractivity contribution is 0.0941. The van der Waals surface area contributed by atoms with E-state index in [0.29, 0.717) is 24.7 Å². The van der Waals surface area contributed by atoms with Gasteiger partial charge in [0.25, 0.3) is 5.91 Å². The molecule has 1 aromatic carbocycles. The van der Waals surface area contributed by atoms with Crippen molar-refractivity contribution in [3.05, 3.63) is 54.0 Å². The second-order valence-electron chi connectivity index (χ2n) is 8.50. The Labute approximate surface area is 199 Å². The second-order valence-corrected chi connectivity index (χ2v) is 11.9. The van der Waals surface area contributed by atoms with Crippen LogP contribution in [0, 0.1) is 0 Å². The molecule has 0 aliphatic carbocycles. The van der Waals surface area contributed by atoms with Crippen LogP contribution in [0.3, 0.4) is 0 Å². The summed E-state index contributed by atoms with van der Waals surface area (Å²) >= 11 is 1.48. The number of aliphatic imine (C=N–C) groups is 1. The van der Waals surface area contributed by atoms with Crippen molar-refractivity contribution in [2.45, 2.75) is 44.1 Å². The van der Waals surface area contributed by atoms with Crippen molar-refractivity contribution in [3.63, 3.8) is 0 Å². The van der Waals surface area contributed by atoms with E-state index in [2.05, 4.69) is 34.4 Å². The summed E-state index contributed by atoms with van der Waals surface area (Å²) in [7, 11) is -2.96. The number of sulfone groups is 1. The summed E-state index contributed by atoms with van der Waals surface area (Å²) in [6, 6.07) is 11.3. The number of benzene rings is 1. The molecule has 2 N–H and O–H groups in total. The Morgan fingerprint density at radius 3 is 2.73 bits per heavy atom. The Morgan fingerprint density at radius 2 is 2.06 bits per heavy atom. The van der Waals surface area contributed by atoms with Crippen LogP contribution in [0.4, 0.5) is 5.69 Å². The SMILES string of the molecule is CC[C@H](C)N(CCNC(=O)c1ccc(NC2=N[C@H]3CS(=O)(=O)C[C@H]3S2)cc1)Cc1ccco1. The van der Waals surface area contributed by atoms with Crippen molar-refractivity contribution in [2.24, 2.45) is 4.99 Å². The van der Waals surface area contributed by atoms with Crippen molar-refractivity contribution >= 4 is 38.4 Å². The van der Waals surface area contributed by atoms with E-state index in [1.165, 1.54) is 11.8 Å². The van der Waals surface area contributed by atoms with Gasteiger partial charge in [0.15, 0.2) is 15.0 Å². The highest BCUT2D eigenvalue weighted by Gasteiger charge is 2.42. The molecule has 8 nitrogen and oxygen atoms in total. The Kier molecular flexibility index (Phi) is 7.45. The summed E-state index contributed by atoms with van der Waals surface area (Å²) in [5.41, 5.74) is 1.41. The van der Waals surface area contributed by atoms with Crippen LogP contribution in [0.2, 0.25) is 0 Å². The molecule has 1 saturated heterocycles. The van der Waals surface area contributed by atoms with Gasteiger partial charge in [-0.3, -0.25) is 14.7 Å². The van der Waals surface area contributed by atoms with Crippen LogP contribution in [0.5, 0.6) is 0 Å². The molecule has 1 fully saturated rings. The van der Waals surface area contributed by atoms with Gasteiger partial charge >= 0.3 is 0 Å². The number of anilines is 1. The first kappa shape index (κ1) is 23.8. The number of fused-ring (bicyclic) bond motifs is 1. The molecule has 4 rings (SSSR count). The minimum absolute atomic E-state index is 0.00493. The summed E-state index contributed by atoms with van der Waals surface area (Å²) in [4.78, 5) is 19.4. The van der Waals surface area contributed by atoms with Crippen LogP contribution in [0.15, 0.2) is 52.1 Å². The fraction of sp³-hybridized carbons (Fsp3) is 0.478. The number of hydrogen-bond donors (Lipinski definition) is 2. The number of thioether (sulfide) groups is 1. The second kappa shape index (κ2) is 10.3. The largest absolute Gasteiger partial charge is 0.468 e. The van der Waals surface area contributed by atoms with Crippen molar-refractivity contribution in [1.29, 1.82) is 0 Å². The minimum Gasteiger partial charge on any atom is -0.468 e. The third-order valence-corrected chi connectivity index (χ3v) is 9.20. The lowest BCUT2D eigenvalue weighted by Crippen LogP contribution is -2.39. The molecule has 3 atom stereocenters. The molecule has 10 heteroatoms. The summed E-state index contributed by atoms with van der Waals surface area (Å²) in [6.45, 7) is 6.32. The quantitative estimate of drug-likeness (QED) is 0.557. The minimum atomic E-state index is -2.96. The van der Waals surface area contributed by atoms with Gasteiger partial charge in [0, 0.05) is 35.6 Å². The predicted molar refractivity (Wildman–Crippen MR) is 133 cm³/mol. The Bertz CT molecular complexity index is 1080. The van der Waals surface area contributed by atoms with Gasteiger partial charge in [0.2, 0.25) is 0 Å². The van der Waals surface area contributed by atoms with Crippen molar-refractivity contribution in [1.82, 2.24) is 10.2 Å². The Hall–Kier alpha value is -2.30. The normalized spacial score (nSPS) is 22.1. The van der Waals surface area contributed by atoms with Crippen LogP contribution < -0.4 is 10.6 Å². The summed E-state index contributed by atoms with van der Waals surface area (Å²) in [5.74, 6) is 1.12. The fourth-order valence-electron chi connectivity index (χ4n) is 3.98. The van der Waals surface area contributed by atoms with Gasteiger partial charge in [-0.1, -0.05) is 18.7 Å². The first-order valence-electron chi connectivity index (χ1n) is 11.2. The zero-order valence-corrected chi connectivity index (χ0v) is 20.5. The molecular formula is C23H30N4O4S2. The van der Waals surface area contributed by atoms with Crippen LogP contribution in [0.25, 0.3) is 0 Å². The van der Waals surface area contributed by atoms with Crippen LogP contribution in [-0.2, 0) is 16.4 Å². The Balaban J connectivity index is 1.26. The molecule has 1 aromatic heterocycles. The molecule has 1 amide bonds. The van der Waals surface area contributed by atoms with E-state index in [4.69, 9.17) is 4.42 Å². The maximum atomic E-state index is 12.6. The van der Waals surface area contributed by atoms with E-state index in [1.807, 2.05) is 24.3 Å². The maximum Gasteiger partial charge on any atom is 0.251 e. The summed E-state index contributed by atoms with van der Waals surface area (Å²) in [6.07, 6.45) is 2.70. The number of carbonyl (C=O) groups excluding carboxylic acids is 1. The first-order chi connectivity index (χ1) is 15.8. The van der Waals surface area contributed by atoms with E-state index >= 15 is 0 Å². The average molecular weight is 491 g/mol. The average Bonchev–Trinajstić information content (AvgIpc) is 3.48. The predicted octanol–water partition coefficient (Wildman–Crippen LogP) is 2.99. The fourth-order valence-corrected chi connectivity index (χ4v) is 7.65. The molecule has 0 bridgehead atoms. The van der Waals surface area contributed by atoms with E-state index in [-0.39, 0.29) is 28.7 Å². The topological polar surface area (TPSA) is 104 Å². The van der Waals surface area contributed by atoms with Gasteiger partial charge in [-0.15, -0.1) is 0 Å². The molecule has 33 heavy (non-hydrogen) atoms. The van der Waals surface area contributed by atoms with Gasteiger partial charge in [-0.05, 0) is 49.7 Å². The number of hydrogen-bond acceptors (Lipinski definition) is 8. The van der Waals surface area contributed by atoms with E-state index in [9.17, 15) is 13.2 Å². The third-order valence-electron chi connectivity index (χ3n) is 6.05. The highest BCUT2D eigenvalue weighted by Crippen LogP contribution is 2.34. The van der Waals surface area contributed by atoms with Gasteiger partial charge in [-0.2, -0.15) is 0 Å². The lowest BCUT2D eigenvalue weighted by atomic mass is 10.2. The third kappa shape index (κ3) is 6.18. The number of carbonyl (C=O) groups is 1. The van der Waals surface area contributed by atoms with Crippen LogP contribution in [-0.4, -0.2) is 66.3 Å². The number of amidine groups is 1. The molecule has 2 aliphatic rings. The van der Waals surface area contributed by atoms with Crippen molar-refractivity contribution in [3.8, 4) is 0 Å². The van der Waals surface area contributed by atoms with Crippen LogP contribution in [0.1, 0.15) is 36.4 Å². The highest BCUT2D eigenvalue weighted by molar-refractivity contribution is 8.15. The van der Waals surface area contributed by atoms with E-state index in [1.54, 1.807) is 18.4 Å². The number of nitrogens with one attached hydrogen (secondary N) is 2. The maximum absolute atomic E-state index is 12.6. The highest BCUT2D eigenvalue weighted by atomic mass is 32.2. The molecule has 2 aromatic rings. The Morgan fingerprint density at radius 1 is 1.27 bits per heavy atom. The number of rotatable bonds is 9. The number of nitrogens with zero attached hydrogens (tertiary/aromatic N) is 2. The summed E-state index contributed by atoms with van der Waals surface area (Å²) < 4.78 is 28.9. The molecule has 2 aliphatic heterocycles. The summed E-state index contributed by atoms with van der Waals surface area (Å²) in [5, 5.41) is 6.97.